The number of nitrogens with zero attached hydrogens (tertiary/aromatic N) is 2. The quantitative estimate of drug-likeness (QED) is 0.398. The highest BCUT2D eigenvalue weighted by Crippen LogP contribution is 2.39. The van der Waals surface area contributed by atoms with Crippen molar-refractivity contribution in [3.63, 3.8) is 0 Å². The average molecular weight is 535 g/mol. The number of hydrogen-bond donors (Lipinski definition) is 2. The first kappa shape index (κ1) is 26.4. The standard InChI is InChI=1S/C18H13Cl2F4N3O3S.ClH/c19-11-5-15(29-7-9(25)6-28)13(21)4-10(11)17-27-26-16(31-17)8-1-2-14(12(20)3-8)30-18(22,23)24;/h1-5,9,28H,6-7,25H2;1H/t9-;/m1./s1. The van der Waals surface area contributed by atoms with Gasteiger partial charge in [0.2, 0.25) is 0 Å². The van der Waals surface area contributed by atoms with Crippen LogP contribution in [0.15, 0.2) is 30.3 Å². The molecule has 0 saturated carbocycles. The van der Waals surface area contributed by atoms with E-state index in [-0.39, 0.29) is 52.0 Å². The van der Waals surface area contributed by atoms with Crippen molar-refractivity contribution in [2.45, 2.75) is 12.4 Å². The SMILES string of the molecule is Cl.N[C@H](CO)COc1cc(Cl)c(-c2nnc(-c3ccc(OC(F)(F)F)c(Cl)c3)s2)cc1F. The Kier molecular flexibility index (Phi) is 8.91. The van der Waals surface area contributed by atoms with Crippen molar-refractivity contribution < 1.29 is 32.1 Å². The van der Waals surface area contributed by atoms with Gasteiger partial charge in [0, 0.05) is 17.2 Å². The number of hydrogen-bond acceptors (Lipinski definition) is 7. The highest BCUT2D eigenvalue weighted by Gasteiger charge is 2.32. The second-order valence-electron chi connectivity index (χ2n) is 6.12. The minimum atomic E-state index is -4.87. The smallest absolute Gasteiger partial charge is 0.489 e. The van der Waals surface area contributed by atoms with Crippen LogP contribution in [0, 0.1) is 5.82 Å². The minimum absolute atomic E-state index is 0. The molecule has 3 aromatic rings. The summed E-state index contributed by atoms with van der Waals surface area (Å²) in [6.45, 7) is -0.435. The lowest BCUT2D eigenvalue weighted by molar-refractivity contribution is -0.274. The molecule has 6 nitrogen and oxygen atoms in total. The Labute approximate surface area is 199 Å². The van der Waals surface area contributed by atoms with Crippen LogP contribution in [0.1, 0.15) is 0 Å². The van der Waals surface area contributed by atoms with Crippen molar-refractivity contribution in [2.75, 3.05) is 13.2 Å². The molecule has 3 N–H and O–H groups in total. The summed E-state index contributed by atoms with van der Waals surface area (Å²) in [5.41, 5.74) is 6.15. The van der Waals surface area contributed by atoms with E-state index in [0.717, 1.165) is 23.5 Å². The average Bonchev–Trinajstić information content (AvgIpc) is 3.18. The molecule has 0 fully saturated rings. The molecule has 0 saturated heterocycles. The molecule has 0 spiro atoms. The molecule has 0 radical (unpaired) electrons. The number of alkyl halides is 3. The van der Waals surface area contributed by atoms with Crippen molar-refractivity contribution in [3.8, 4) is 32.6 Å². The second-order valence-corrected chi connectivity index (χ2v) is 7.91. The van der Waals surface area contributed by atoms with Crippen LogP contribution >= 0.6 is 46.9 Å². The molecule has 0 aliphatic heterocycles. The van der Waals surface area contributed by atoms with Crippen LogP contribution in [0.5, 0.6) is 11.5 Å². The van der Waals surface area contributed by atoms with E-state index in [1.165, 1.54) is 18.2 Å². The van der Waals surface area contributed by atoms with Crippen LogP contribution in [-0.4, -0.2) is 40.9 Å². The Morgan fingerprint density at radius 1 is 1.06 bits per heavy atom. The lowest BCUT2D eigenvalue weighted by Crippen LogP contribution is -2.31. The van der Waals surface area contributed by atoms with E-state index < -0.39 is 24.0 Å². The van der Waals surface area contributed by atoms with Crippen molar-refractivity contribution in [1.29, 1.82) is 0 Å². The maximum absolute atomic E-state index is 14.4. The van der Waals surface area contributed by atoms with Gasteiger partial charge in [-0.2, -0.15) is 0 Å². The zero-order valence-electron chi connectivity index (χ0n) is 15.7. The van der Waals surface area contributed by atoms with Crippen LogP contribution in [0.3, 0.4) is 0 Å². The summed E-state index contributed by atoms with van der Waals surface area (Å²) < 4.78 is 60.5. The molecule has 1 atom stereocenters. The first-order valence-electron chi connectivity index (χ1n) is 8.45. The molecule has 1 heterocycles. The number of aliphatic hydroxyl groups is 1. The Hall–Kier alpha value is -1.89. The summed E-state index contributed by atoms with van der Waals surface area (Å²) in [4.78, 5) is 0. The van der Waals surface area contributed by atoms with Gasteiger partial charge in [-0.15, -0.1) is 35.8 Å². The van der Waals surface area contributed by atoms with Gasteiger partial charge in [0.25, 0.3) is 0 Å². The lowest BCUT2D eigenvalue weighted by atomic mass is 10.2. The summed E-state index contributed by atoms with van der Waals surface area (Å²) in [5.74, 6) is -1.42. The number of ether oxygens (including phenoxy) is 2. The van der Waals surface area contributed by atoms with Gasteiger partial charge in [0.1, 0.15) is 22.4 Å². The number of rotatable bonds is 7. The summed E-state index contributed by atoms with van der Waals surface area (Å²) in [6.07, 6.45) is -4.87. The van der Waals surface area contributed by atoms with Gasteiger partial charge in [-0.25, -0.2) is 4.39 Å². The highest BCUT2D eigenvalue weighted by atomic mass is 35.5. The van der Waals surface area contributed by atoms with Crippen LogP contribution in [0.2, 0.25) is 10.0 Å². The summed E-state index contributed by atoms with van der Waals surface area (Å²) in [7, 11) is 0. The molecule has 0 amide bonds. The molecule has 32 heavy (non-hydrogen) atoms. The van der Waals surface area contributed by atoms with Gasteiger partial charge >= 0.3 is 6.36 Å². The fourth-order valence-corrected chi connectivity index (χ4v) is 3.73. The molecule has 2 aromatic carbocycles. The third kappa shape index (κ3) is 6.56. The van der Waals surface area contributed by atoms with E-state index in [1.807, 2.05) is 0 Å². The molecule has 3 rings (SSSR count). The van der Waals surface area contributed by atoms with E-state index in [1.54, 1.807) is 0 Å². The largest absolute Gasteiger partial charge is 0.573 e. The van der Waals surface area contributed by atoms with E-state index >= 15 is 0 Å². The molecular formula is C18H14Cl3F4N3O3S. The summed E-state index contributed by atoms with van der Waals surface area (Å²) >= 11 is 13.1. The van der Waals surface area contributed by atoms with Crippen LogP contribution in [0.4, 0.5) is 17.6 Å². The van der Waals surface area contributed by atoms with Crippen LogP contribution in [-0.2, 0) is 0 Å². The fraction of sp³-hybridized carbons (Fsp3) is 0.222. The van der Waals surface area contributed by atoms with Gasteiger partial charge in [-0.05, 0) is 24.3 Å². The molecular weight excluding hydrogens is 521 g/mol. The first-order chi connectivity index (χ1) is 14.6. The predicted molar refractivity (Wildman–Crippen MR) is 115 cm³/mol. The van der Waals surface area contributed by atoms with Gasteiger partial charge in [0.05, 0.1) is 22.7 Å². The van der Waals surface area contributed by atoms with Crippen molar-refractivity contribution in [1.82, 2.24) is 10.2 Å². The third-order valence-electron chi connectivity index (χ3n) is 3.77. The number of aromatic nitrogens is 2. The number of aliphatic hydroxyl groups excluding tert-OH is 1. The zero-order valence-corrected chi connectivity index (χ0v) is 18.8. The van der Waals surface area contributed by atoms with Gasteiger partial charge in [-0.3, -0.25) is 0 Å². The molecule has 0 aliphatic carbocycles. The van der Waals surface area contributed by atoms with Crippen molar-refractivity contribution in [2.24, 2.45) is 5.73 Å². The van der Waals surface area contributed by atoms with E-state index in [4.69, 9.17) is 38.8 Å². The third-order valence-corrected chi connectivity index (χ3v) is 5.38. The topological polar surface area (TPSA) is 90.5 Å². The maximum Gasteiger partial charge on any atom is 0.573 e. The van der Waals surface area contributed by atoms with Gasteiger partial charge in [0.15, 0.2) is 11.6 Å². The molecule has 0 unspecified atom stereocenters. The highest BCUT2D eigenvalue weighted by molar-refractivity contribution is 7.18. The lowest BCUT2D eigenvalue weighted by Gasteiger charge is -2.12. The van der Waals surface area contributed by atoms with Crippen molar-refractivity contribution in [3.05, 3.63) is 46.2 Å². The van der Waals surface area contributed by atoms with Crippen LogP contribution < -0.4 is 15.2 Å². The fourth-order valence-electron chi connectivity index (χ4n) is 2.34. The Bertz CT molecular complexity index is 1090. The molecule has 0 aliphatic rings. The maximum atomic E-state index is 14.4. The van der Waals surface area contributed by atoms with Gasteiger partial charge in [-0.1, -0.05) is 34.5 Å². The zero-order chi connectivity index (χ0) is 22.8. The monoisotopic (exact) mass is 533 g/mol. The Morgan fingerprint density at radius 3 is 2.38 bits per heavy atom. The summed E-state index contributed by atoms with van der Waals surface area (Å²) in [5, 5.41) is 17.3. The molecule has 0 bridgehead atoms. The molecule has 14 heteroatoms. The van der Waals surface area contributed by atoms with E-state index in [2.05, 4.69) is 14.9 Å². The Morgan fingerprint density at radius 2 is 1.75 bits per heavy atom. The Balaban J connectivity index is 0.00000363. The minimum Gasteiger partial charge on any atom is -0.489 e. The van der Waals surface area contributed by atoms with Crippen molar-refractivity contribution >= 4 is 46.9 Å². The summed E-state index contributed by atoms with van der Waals surface area (Å²) in [6, 6.07) is 5.32. The normalized spacial score (nSPS) is 12.2. The molecule has 174 valence electrons. The first-order valence-corrected chi connectivity index (χ1v) is 10.0. The van der Waals surface area contributed by atoms with Gasteiger partial charge < -0.3 is 20.3 Å². The number of nitrogens with two attached hydrogens (primary N) is 1. The number of benzene rings is 2. The van der Waals surface area contributed by atoms with E-state index in [9.17, 15) is 17.6 Å². The second kappa shape index (κ2) is 10.8. The predicted octanol–water partition coefficient (Wildman–Crippen LogP) is 5.34. The molecule has 1 aromatic heterocycles. The number of halogens is 7. The van der Waals surface area contributed by atoms with E-state index in [0.29, 0.717) is 10.6 Å². The van der Waals surface area contributed by atoms with Crippen LogP contribution in [0.25, 0.3) is 21.1 Å².